The van der Waals surface area contributed by atoms with E-state index in [0.717, 1.165) is 12.1 Å². The number of nitrogens with one attached hydrogen (secondary N) is 1. The Morgan fingerprint density at radius 1 is 1.20 bits per heavy atom. The largest absolute Gasteiger partial charge is 0.481 e. The van der Waals surface area contributed by atoms with Gasteiger partial charge in [-0.2, -0.15) is 0 Å². The summed E-state index contributed by atoms with van der Waals surface area (Å²) in [5.74, 6) is -0.897. The van der Waals surface area contributed by atoms with E-state index in [-0.39, 0.29) is 17.2 Å². The van der Waals surface area contributed by atoms with Crippen molar-refractivity contribution in [3.8, 4) is 0 Å². The molecule has 4 nitrogen and oxygen atoms in total. The zero-order valence-corrected chi connectivity index (χ0v) is 12.9. The van der Waals surface area contributed by atoms with Gasteiger partial charge in [0.1, 0.15) is 0 Å². The number of amides is 1. The SMILES string of the molecule is CC(C)C(=O)O.CCC(C)(C)C(=O)Nc1ccccc1. The fourth-order valence-electron chi connectivity index (χ4n) is 0.982. The van der Waals surface area contributed by atoms with Crippen LogP contribution in [-0.4, -0.2) is 17.0 Å². The Hall–Kier alpha value is -1.84. The molecule has 0 aliphatic carbocycles. The van der Waals surface area contributed by atoms with Crippen molar-refractivity contribution in [1.82, 2.24) is 0 Å². The zero-order chi connectivity index (χ0) is 15.8. The second kappa shape index (κ2) is 8.35. The molecule has 112 valence electrons. The minimum atomic E-state index is -0.741. The lowest BCUT2D eigenvalue weighted by Crippen LogP contribution is -2.29. The van der Waals surface area contributed by atoms with Crippen molar-refractivity contribution in [3.63, 3.8) is 0 Å². The van der Waals surface area contributed by atoms with Crippen molar-refractivity contribution in [2.45, 2.75) is 41.0 Å². The van der Waals surface area contributed by atoms with Gasteiger partial charge in [-0.1, -0.05) is 52.8 Å². The van der Waals surface area contributed by atoms with Crippen molar-refractivity contribution in [3.05, 3.63) is 30.3 Å². The Kier molecular flexibility index (Phi) is 7.59. The highest BCUT2D eigenvalue weighted by atomic mass is 16.4. The van der Waals surface area contributed by atoms with Crippen molar-refractivity contribution < 1.29 is 14.7 Å². The monoisotopic (exact) mass is 279 g/mol. The van der Waals surface area contributed by atoms with E-state index < -0.39 is 5.97 Å². The number of para-hydroxylation sites is 1. The van der Waals surface area contributed by atoms with Crippen molar-refractivity contribution in [1.29, 1.82) is 0 Å². The maximum Gasteiger partial charge on any atom is 0.305 e. The molecule has 0 atom stereocenters. The molecule has 0 saturated carbocycles. The van der Waals surface area contributed by atoms with Crippen LogP contribution in [0.1, 0.15) is 41.0 Å². The minimum absolute atomic E-state index is 0.0752. The summed E-state index contributed by atoms with van der Waals surface area (Å²) in [5.41, 5.74) is 0.564. The third-order valence-corrected chi connectivity index (χ3v) is 3.02. The second-order valence-electron chi connectivity index (χ2n) is 5.55. The quantitative estimate of drug-likeness (QED) is 0.881. The third kappa shape index (κ3) is 6.92. The van der Waals surface area contributed by atoms with Gasteiger partial charge in [-0.05, 0) is 18.6 Å². The normalized spacial score (nSPS) is 10.5. The van der Waals surface area contributed by atoms with Gasteiger partial charge >= 0.3 is 5.97 Å². The number of carbonyl (C=O) groups excluding carboxylic acids is 1. The molecule has 0 bridgehead atoms. The van der Waals surface area contributed by atoms with E-state index in [9.17, 15) is 9.59 Å². The Bertz CT molecular complexity index is 425. The number of hydrogen-bond acceptors (Lipinski definition) is 2. The van der Waals surface area contributed by atoms with Crippen LogP contribution >= 0.6 is 0 Å². The van der Waals surface area contributed by atoms with E-state index >= 15 is 0 Å². The highest BCUT2D eigenvalue weighted by Gasteiger charge is 2.24. The Morgan fingerprint density at radius 2 is 1.65 bits per heavy atom. The second-order valence-corrected chi connectivity index (χ2v) is 5.55. The van der Waals surface area contributed by atoms with Gasteiger partial charge in [-0.15, -0.1) is 0 Å². The van der Waals surface area contributed by atoms with Gasteiger partial charge < -0.3 is 10.4 Å². The molecule has 0 unspecified atom stereocenters. The van der Waals surface area contributed by atoms with Crippen LogP contribution in [0, 0.1) is 11.3 Å². The first-order valence-corrected chi connectivity index (χ1v) is 6.80. The summed E-state index contributed by atoms with van der Waals surface area (Å²) in [5, 5.41) is 10.9. The van der Waals surface area contributed by atoms with Gasteiger partial charge in [0.2, 0.25) is 5.91 Å². The molecule has 1 aromatic rings. The molecule has 1 amide bonds. The van der Waals surface area contributed by atoms with Crippen LogP contribution in [0.2, 0.25) is 0 Å². The van der Waals surface area contributed by atoms with Crippen LogP contribution in [0.5, 0.6) is 0 Å². The average molecular weight is 279 g/mol. The smallest absolute Gasteiger partial charge is 0.305 e. The molecule has 0 aromatic heterocycles. The highest BCUT2D eigenvalue weighted by molar-refractivity contribution is 5.94. The van der Waals surface area contributed by atoms with Crippen LogP contribution in [0.25, 0.3) is 0 Å². The maximum absolute atomic E-state index is 11.8. The fraction of sp³-hybridized carbons (Fsp3) is 0.500. The van der Waals surface area contributed by atoms with E-state index in [1.54, 1.807) is 13.8 Å². The molecule has 0 saturated heterocycles. The highest BCUT2D eigenvalue weighted by Crippen LogP contribution is 2.21. The Balaban J connectivity index is 0.000000511. The topological polar surface area (TPSA) is 66.4 Å². The molecular formula is C16H25NO3. The molecule has 0 heterocycles. The van der Waals surface area contributed by atoms with Gasteiger partial charge in [-0.3, -0.25) is 9.59 Å². The number of benzene rings is 1. The maximum atomic E-state index is 11.8. The number of hydrogen-bond donors (Lipinski definition) is 2. The summed E-state index contributed by atoms with van der Waals surface area (Å²) in [6, 6.07) is 9.54. The summed E-state index contributed by atoms with van der Waals surface area (Å²) >= 11 is 0. The molecule has 0 aliphatic rings. The molecule has 4 heteroatoms. The predicted octanol–water partition coefficient (Wildman–Crippen LogP) is 3.79. The standard InChI is InChI=1S/C12H17NO.C4H8O2/c1-4-12(2,3)11(14)13-10-8-6-5-7-9-10;1-3(2)4(5)6/h5-9H,4H2,1-3H3,(H,13,14);3H,1-2H3,(H,5,6). The third-order valence-electron chi connectivity index (χ3n) is 3.02. The molecular weight excluding hydrogens is 254 g/mol. The molecule has 1 aromatic carbocycles. The lowest BCUT2D eigenvalue weighted by Gasteiger charge is -2.21. The number of aliphatic carboxylic acids is 1. The van der Waals surface area contributed by atoms with E-state index in [1.807, 2.05) is 51.1 Å². The molecule has 1 rings (SSSR count). The van der Waals surface area contributed by atoms with Gasteiger partial charge in [0.15, 0.2) is 0 Å². The number of rotatable bonds is 4. The number of anilines is 1. The molecule has 0 spiro atoms. The minimum Gasteiger partial charge on any atom is -0.481 e. The van der Waals surface area contributed by atoms with Crippen LogP contribution in [-0.2, 0) is 9.59 Å². The van der Waals surface area contributed by atoms with Crippen molar-refractivity contribution in [2.75, 3.05) is 5.32 Å². The van der Waals surface area contributed by atoms with Crippen LogP contribution in [0.15, 0.2) is 30.3 Å². The van der Waals surface area contributed by atoms with Crippen LogP contribution < -0.4 is 5.32 Å². The molecule has 2 N–H and O–H groups in total. The first-order valence-electron chi connectivity index (χ1n) is 6.80. The summed E-state index contributed by atoms with van der Waals surface area (Å²) in [7, 11) is 0. The molecule has 0 aliphatic heterocycles. The van der Waals surface area contributed by atoms with Gasteiger partial charge in [0, 0.05) is 11.1 Å². The van der Waals surface area contributed by atoms with E-state index in [1.165, 1.54) is 0 Å². The fourth-order valence-corrected chi connectivity index (χ4v) is 0.982. The number of carboxylic acid groups (broad SMARTS) is 1. The van der Waals surface area contributed by atoms with Crippen LogP contribution in [0.3, 0.4) is 0 Å². The first-order chi connectivity index (χ1) is 9.20. The average Bonchev–Trinajstić information content (AvgIpc) is 2.40. The zero-order valence-electron chi connectivity index (χ0n) is 12.9. The number of carboxylic acids is 1. The van der Waals surface area contributed by atoms with E-state index in [2.05, 4.69) is 5.32 Å². The lowest BCUT2D eigenvalue weighted by atomic mass is 9.89. The molecule has 0 fully saturated rings. The van der Waals surface area contributed by atoms with Gasteiger partial charge in [0.25, 0.3) is 0 Å². The van der Waals surface area contributed by atoms with E-state index in [4.69, 9.17) is 5.11 Å². The van der Waals surface area contributed by atoms with Gasteiger partial charge in [-0.25, -0.2) is 0 Å². The summed E-state index contributed by atoms with van der Waals surface area (Å²) in [4.78, 5) is 21.5. The van der Waals surface area contributed by atoms with Crippen molar-refractivity contribution in [2.24, 2.45) is 11.3 Å². The van der Waals surface area contributed by atoms with E-state index in [0.29, 0.717) is 0 Å². The molecule has 20 heavy (non-hydrogen) atoms. The molecule has 0 radical (unpaired) electrons. The van der Waals surface area contributed by atoms with Crippen molar-refractivity contribution >= 4 is 17.6 Å². The van der Waals surface area contributed by atoms with Crippen LogP contribution in [0.4, 0.5) is 5.69 Å². The lowest BCUT2D eigenvalue weighted by molar-refractivity contribution is -0.140. The first kappa shape index (κ1) is 18.2. The van der Waals surface area contributed by atoms with Gasteiger partial charge in [0.05, 0.1) is 5.92 Å². The number of carbonyl (C=O) groups is 2. The predicted molar refractivity (Wildman–Crippen MR) is 81.6 cm³/mol. The Labute approximate surface area is 121 Å². The summed E-state index contributed by atoms with van der Waals surface area (Å²) in [6.45, 7) is 9.20. The summed E-state index contributed by atoms with van der Waals surface area (Å²) < 4.78 is 0. The Morgan fingerprint density at radius 3 is 2.00 bits per heavy atom. The summed E-state index contributed by atoms with van der Waals surface area (Å²) in [6.07, 6.45) is 0.839.